The predicted molar refractivity (Wildman–Crippen MR) is 76.2 cm³/mol. The molecule has 0 fully saturated rings. The minimum Gasteiger partial charge on any atom is -0.479 e. The molecule has 0 radical (unpaired) electrons. The molecule has 2 N–H and O–H groups in total. The number of carbonyl (C=O) groups is 2. The third-order valence-corrected chi connectivity index (χ3v) is 2.74. The van der Waals surface area contributed by atoms with Gasteiger partial charge < -0.3 is 15.2 Å². The molecule has 0 heterocycles. The van der Waals surface area contributed by atoms with E-state index < -0.39 is 23.7 Å². The van der Waals surface area contributed by atoms with Crippen molar-refractivity contribution in [2.24, 2.45) is 0 Å². The SMILES string of the molecule is CC(C)(C)OC(=O)N[C@H](C(=O)O)c1ccc(Cl)cc1Cl. The van der Waals surface area contributed by atoms with Gasteiger partial charge in [0.05, 0.1) is 0 Å². The van der Waals surface area contributed by atoms with E-state index in [1.807, 2.05) is 0 Å². The number of amides is 1. The molecule has 0 aliphatic rings. The van der Waals surface area contributed by atoms with Gasteiger partial charge in [-0.25, -0.2) is 9.59 Å². The third-order valence-electron chi connectivity index (χ3n) is 2.18. The quantitative estimate of drug-likeness (QED) is 0.891. The van der Waals surface area contributed by atoms with E-state index in [1.54, 1.807) is 20.8 Å². The second-order valence-electron chi connectivity index (χ2n) is 5.08. The fourth-order valence-corrected chi connectivity index (χ4v) is 1.95. The summed E-state index contributed by atoms with van der Waals surface area (Å²) in [7, 11) is 0. The fraction of sp³-hybridized carbons (Fsp3) is 0.385. The van der Waals surface area contributed by atoms with Crippen molar-refractivity contribution in [1.82, 2.24) is 5.32 Å². The zero-order valence-electron chi connectivity index (χ0n) is 11.2. The Morgan fingerprint density at radius 1 is 1.30 bits per heavy atom. The number of carboxylic acid groups (broad SMARTS) is 1. The monoisotopic (exact) mass is 319 g/mol. The van der Waals surface area contributed by atoms with E-state index in [9.17, 15) is 14.7 Å². The number of halogens is 2. The molecule has 0 aliphatic carbocycles. The Morgan fingerprint density at radius 2 is 1.90 bits per heavy atom. The van der Waals surface area contributed by atoms with Gasteiger partial charge in [0, 0.05) is 15.6 Å². The van der Waals surface area contributed by atoms with Gasteiger partial charge in [-0.2, -0.15) is 0 Å². The Labute approximate surface area is 126 Å². The number of nitrogens with one attached hydrogen (secondary N) is 1. The summed E-state index contributed by atoms with van der Waals surface area (Å²) < 4.78 is 5.02. The highest BCUT2D eigenvalue weighted by Crippen LogP contribution is 2.26. The molecular formula is C13H15Cl2NO4. The fourth-order valence-electron chi connectivity index (χ4n) is 1.43. The van der Waals surface area contributed by atoms with Crippen LogP contribution >= 0.6 is 23.2 Å². The molecule has 1 atom stereocenters. The normalized spacial score (nSPS) is 12.7. The second kappa shape index (κ2) is 6.33. The van der Waals surface area contributed by atoms with Gasteiger partial charge in [0.25, 0.3) is 0 Å². The summed E-state index contributed by atoms with van der Waals surface area (Å²) in [4.78, 5) is 22.9. The summed E-state index contributed by atoms with van der Waals surface area (Å²) in [6.07, 6.45) is -0.837. The lowest BCUT2D eigenvalue weighted by molar-refractivity contribution is -0.139. The van der Waals surface area contributed by atoms with E-state index in [0.29, 0.717) is 5.02 Å². The molecule has 20 heavy (non-hydrogen) atoms. The van der Waals surface area contributed by atoms with Crippen LogP contribution in [0.4, 0.5) is 4.79 Å². The van der Waals surface area contributed by atoms with Gasteiger partial charge >= 0.3 is 12.1 Å². The van der Waals surface area contributed by atoms with Crippen LogP contribution in [-0.2, 0) is 9.53 Å². The molecule has 7 heteroatoms. The summed E-state index contributed by atoms with van der Waals surface area (Å²) in [5, 5.41) is 12.0. The van der Waals surface area contributed by atoms with E-state index in [2.05, 4.69) is 5.32 Å². The molecule has 0 saturated heterocycles. The number of carbonyl (C=O) groups excluding carboxylic acids is 1. The van der Waals surface area contributed by atoms with Gasteiger partial charge in [0.2, 0.25) is 0 Å². The van der Waals surface area contributed by atoms with Crippen LogP contribution in [0.1, 0.15) is 32.4 Å². The summed E-state index contributed by atoms with van der Waals surface area (Å²) in [5.41, 5.74) is -0.494. The zero-order chi connectivity index (χ0) is 15.5. The van der Waals surface area contributed by atoms with Crippen molar-refractivity contribution in [3.05, 3.63) is 33.8 Å². The highest BCUT2D eigenvalue weighted by molar-refractivity contribution is 6.35. The summed E-state index contributed by atoms with van der Waals surface area (Å²) in [5.74, 6) is -1.25. The molecule has 1 aromatic carbocycles. The first kappa shape index (κ1) is 16.6. The van der Waals surface area contributed by atoms with Crippen LogP contribution in [0.15, 0.2) is 18.2 Å². The Balaban J connectivity index is 2.96. The first-order chi connectivity index (χ1) is 9.10. The molecule has 0 aliphatic heterocycles. The van der Waals surface area contributed by atoms with Crippen molar-refractivity contribution < 1.29 is 19.4 Å². The van der Waals surface area contributed by atoms with E-state index in [0.717, 1.165) is 0 Å². The van der Waals surface area contributed by atoms with E-state index in [1.165, 1.54) is 18.2 Å². The first-order valence-electron chi connectivity index (χ1n) is 5.77. The number of aliphatic carboxylic acids is 1. The maximum absolute atomic E-state index is 11.7. The van der Waals surface area contributed by atoms with E-state index in [-0.39, 0.29) is 10.6 Å². The number of hydrogen-bond acceptors (Lipinski definition) is 3. The largest absolute Gasteiger partial charge is 0.479 e. The molecule has 0 unspecified atom stereocenters. The molecular weight excluding hydrogens is 305 g/mol. The minimum absolute atomic E-state index is 0.154. The van der Waals surface area contributed by atoms with Crippen LogP contribution in [-0.4, -0.2) is 22.8 Å². The van der Waals surface area contributed by atoms with E-state index >= 15 is 0 Å². The van der Waals surface area contributed by atoms with Crippen molar-refractivity contribution in [2.75, 3.05) is 0 Å². The number of ether oxygens (including phenoxy) is 1. The van der Waals surface area contributed by atoms with Gasteiger partial charge in [0.15, 0.2) is 6.04 Å². The van der Waals surface area contributed by atoms with Gasteiger partial charge in [0.1, 0.15) is 5.60 Å². The molecule has 0 bridgehead atoms. The van der Waals surface area contributed by atoms with Crippen LogP contribution in [0.25, 0.3) is 0 Å². The minimum atomic E-state index is -1.31. The summed E-state index contributed by atoms with van der Waals surface area (Å²) in [6.45, 7) is 5.03. The average molecular weight is 320 g/mol. The molecule has 0 spiro atoms. The standard InChI is InChI=1S/C13H15Cl2NO4/c1-13(2,3)20-12(19)16-10(11(17)18)8-5-4-7(14)6-9(8)15/h4-6,10H,1-3H3,(H,16,19)(H,17,18)/t10-/m0/s1. The van der Waals surface area contributed by atoms with Crippen molar-refractivity contribution in [3.8, 4) is 0 Å². The second-order valence-corrected chi connectivity index (χ2v) is 5.93. The van der Waals surface area contributed by atoms with Crippen molar-refractivity contribution >= 4 is 35.3 Å². The Bertz CT molecular complexity index is 526. The average Bonchev–Trinajstić information content (AvgIpc) is 2.23. The van der Waals surface area contributed by atoms with Crippen LogP contribution in [0.3, 0.4) is 0 Å². The third kappa shape index (κ3) is 4.90. The maximum atomic E-state index is 11.7. The maximum Gasteiger partial charge on any atom is 0.408 e. The van der Waals surface area contributed by atoms with Crippen LogP contribution in [0.2, 0.25) is 10.0 Å². The number of benzene rings is 1. The molecule has 1 rings (SSSR count). The molecule has 1 amide bonds. The van der Waals surface area contributed by atoms with Gasteiger partial charge in [-0.05, 0) is 32.9 Å². The smallest absolute Gasteiger partial charge is 0.408 e. The Morgan fingerprint density at radius 3 is 2.35 bits per heavy atom. The Hall–Kier alpha value is -1.46. The number of carboxylic acids is 1. The number of alkyl carbamates (subject to hydrolysis) is 1. The highest BCUT2D eigenvalue weighted by atomic mass is 35.5. The highest BCUT2D eigenvalue weighted by Gasteiger charge is 2.27. The zero-order valence-corrected chi connectivity index (χ0v) is 12.7. The lowest BCUT2D eigenvalue weighted by atomic mass is 10.1. The molecule has 110 valence electrons. The lowest BCUT2D eigenvalue weighted by Gasteiger charge is -2.22. The molecule has 0 saturated carbocycles. The lowest BCUT2D eigenvalue weighted by Crippen LogP contribution is -2.38. The molecule has 0 aromatic heterocycles. The van der Waals surface area contributed by atoms with Gasteiger partial charge in [-0.1, -0.05) is 29.3 Å². The van der Waals surface area contributed by atoms with E-state index in [4.69, 9.17) is 27.9 Å². The van der Waals surface area contributed by atoms with Crippen LogP contribution in [0.5, 0.6) is 0 Å². The number of hydrogen-bond donors (Lipinski definition) is 2. The Kier molecular flexibility index (Phi) is 5.25. The molecule has 5 nitrogen and oxygen atoms in total. The van der Waals surface area contributed by atoms with Crippen molar-refractivity contribution in [1.29, 1.82) is 0 Å². The first-order valence-corrected chi connectivity index (χ1v) is 6.53. The van der Waals surface area contributed by atoms with Crippen LogP contribution in [0, 0.1) is 0 Å². The predicted octanol–water partition coefficient (Wildman–Crippen LogP) is 3.64. The van der Waals surface area contributed by atoms with Crippen molar-refractivity contribution in [3.63, 3.8) is 0 Å². The molecule has 1 aromatic rings. The summed E-state index contributed by atoms with van der Waals surface area (Å²) >= 11 is 11.7. The summed E-state index contributed by atoms with van der Waals surface area (Å²) in [6, 6.07) is 3.04. The van der Waals surface area contributed by atoms with Crippen molar-refractivity contribution in [2.45, 2.75) is 32.4 Å². The van der Waals surface area contributed by atoms with Crippen LogP contribution < -0.4 is 5.32 Å². The number of rotatable bonds is 3. The van der Waals surface area contributed by atoms with Gasteiger partial charge in [-0.15, -0.1) is 0 Å². The van der Waals surface area contributed by atoms with Gasteiger partial charge in [-0.3, -0.25) is 0 Å². The topological polar surface area (TPSA) is 75.6 Å².